The standard InChI is InChI=1S/C30H36ClN3O3/c1-21-22(2)28(36-17-18-37-30-9-4-5-14-32-30)13-11-25(21)27-8-6-7-24-20-33(15-16-34(24)27)23-10-12-26(31)29(19-23)35-3/h4-5,9-14,19,24,27H,6-8,15-18,20H2,1-3H3/t24?,27-/m1/s1. The van der Waals surface area contributed by atoms with Crippen LogP contribution in [0.3, 0.4) is 0 Å². The highest BCUT2D eigenvalue weighted by molar-refractivity contribution is 6.32. The second-order valence-electron chi connectivity index (χ2n) is 9.87. The van der Waals surface area contributed by atoms with Crippen LogP contribution < -0.4 is 19.1 Å². The van der Waals surface area contributed by atoms with Gasteiger partial charge < -0.3 is 19.1 Å². The summed E-state index contributed by atoms with van der Waals surface area (Å²) in [6.07, 6.45) is 5.40. The van der Waals surface area contributed by atoms with Crippen molar-refractivity contribution in [3.8, 4) is 17.4 Å². The average Bonchev–Trinajstić information content (AvgIpc) is 2.93. The first-order chi connectivity index (χ1) is 18.0. The molecule has 0 radical (unpaired) electrons. The van der Waals surface area contributed by atoms with Crippen LogP contribution in [0.25, 0.3) is 0 Å². The number of halogens is 1. The van der Waals surface area contributed by atoms with Gasteiger partial charge in [-0.2, -0.15) is 0 Å². The number of aromatic nitrogens is 1. The van der Waals surface area contributed by atoms with Gasteiger partial charge in [0.05, 0.1) is 12.1 Å². The molecule has 3 aromatic rings. The van der Waals surface area contributed by atoms with Gasteiger partial charge in [-0.3, -0.25) is 4.90 Å². The van der Waals surface area contributed by atoms with Gasteiger partial charge in [-0.25, -0.2) is 4.98 Å². The van der Waals surface area contributed by atoms with Crippen LogP contribution in [0, 0.1) is 13.8 Å². The smallest absolute Gasteiger partial charge is 0.213 e. The van der Waals surface area contributed by atoms with Crippen molar-refractivity contribution >= 4 is 17.3 Å². The van der Waals surface area contributed by atoms with Gasteiger partial charge in [0.15, 0.2) is 0 Å². The summed E-state index contributed by atoms with van der Waals surface area (Å²) in [6, 6.07) is 17.1. The summed E-state index contributed by atoms with van der Waals surface area (Å²) >= 11 is 6.26. The fourth-order valence-corrected chi connectivity index (χ4v) is 5.92. The Kier molecular flexibility index (Phi) is 8.06. The number of methoxy groups -OCH3 is 1. The number of nitrogens with zero attached hydrogens (tertiary/aromatic N) is 3. The maximum Gasteiger partial charge on any atom is 0.213 e. The second-order valence-corrected chi connectivity index (χ2v) is 10.3. The molecule has 0 bridgehead atoms. The summed E-state index contributed by atoms with van der Waals surface area (Å²) < 4.78 is 17.2. The van der Waals surface area contributed by atoms with Crippen molar-refractivity contribution in [3.63, 3.8) is 0 Å². The maximum atomic E-state index is 6.26. The van der Waals surface area contributed by atoms with Crippen LogP contribution >= 0.6 is 11.6 Å². The maximum absolute atomic E-state index is 6.26. The van der Waals surface area contributed by atoms with E-state index in [9.17, 15) is 0 Å². The highest BCUT2D eigenvalue weighted by atomic mass is 35.5. The van der Waals surface area contributed by atoms with Crippen LogP contribution in [0.1, 0.15) is 42.0 Å². The Labute approximate surface area is 225 Å². The molecule has 2 atom stereocenters. The topological polar surface area (TPSA) is 47.1 Å². The van der Waals surface area contributed by atoms with Gasteiger partial charge in [-0.1, -0.05) is 23.7 Å². The highest BCUT2D eigenvalue weighted by Gasteiger charge is 2.36. The lowest BCUT2D eigenvalue weighted by Gasteiger charge is -2.49. The van der Waals surface area contributed by atoms with E-state index in [0.29, 0.717) is 36.2 Å². The normalized spacial score (nSPS) is 19.8. The molecule has 1 aromatic heterocycles. The number of hydrogen-bond acceptors (Lipinski definition) is 6. The number of pyridine rings is 1. The van der Waals surface area contributed by atoms with Crippen molar-refractivity contribution in [3.05, 3.63) is 76.4 Å². The fourth-order valence-electron chi connectivity index (χ4n) is 5.73. The summed E-state index contributed by atoms with van der Waals surface area (Å²) in [6.45, 7) is 8.41. The number of benzene rings is 2. The molecule has 0 saturated carbocycles. The third-order valence-electron chi connectivity index (χ3n) is 7.81. The Morgan fingerprint density at radius 2 is 1.81 bits per heavy atom. The van der Waals surface area contributed by atoms with Crippen molar-refractivity contribution in [1.29, 1.82) is 0 Å². The van der Waals surface area contributed by atoms with Crippen LogP contribution in [0.2, 0.25) is 5.02 Å². The van der Waals surface area contributed by atoms with E-state index >= 15 is 0 Å². The molecule has 2 aliphatic rings. The zero-order valence-corrected chi connectivity index (χ0v) is 22.7. The minimum absolute atomic E-state index is 0.445. The predicted molar refractivity (Wildman–Crippen MR) is 148 cm³/mol. The number of rotatable bonds is 8. The SMILES string of the molecule is COc1cc(N2CCN3C(CCC[C@@H]3c3ccc(OCCOc4ccccn4)c(C)c3C)C2)ccc1Cl. The summed E-state index contributed by atoms with van der Waals surface area (Å²) in [7, 11) is 1.67. The average molecular weight is 522 g/mol. The summed E-state index contributed by atoms with van der Waals surface area (Å²) in [5.74, 6) is 2.29. The first kappa shape index (κ1) is 25.7. The Morgan fingerprint density at radius 3 is 2.62 bits per heavy atom. The first-order valence-corrected chi connectivity index (χ1v) is 13.5. The number of hydrogen-bond donors (Lipinski definition) is 0. The predicted octanol–water partition coefficient (Wildman–Crippen LogP) is 6.23. The number of ether oxygens (including phenoxy) is 3. The van der Waals surface area contributed by atoms with Gasteiger partial charge >= 0.3 is 0 Å². The van der Waals surface area contributed by atoms with Gasteiger partial charge in [0.25, 0.3) is 0 Å². The second kappa shape index (κ2) is 11.6. The highest BCUT2D eigenvalue weighted by Crippen LogP contribution is 2.40. The molecule has 2 saturated heterocycles. The van der Waals surface area contributed by atoms with E-state index in [1.807, 2.05) is 24.3 Å². The Hall–Kier alpha value is -2.96. The van der Waals surface area contributed by atoms with E-state index in [0.717, 1.165) is 31.1 Å². The summed E-state index contributed by atoms with van der Waals surface area (Å²) in [5, 5.41) is 0.654. The van der Waals surface area contributed by atoms with Gasteiger partial charge in [-0.05, 0) is 74.1 Å². The van der Waals surface area contributed by atoms with Crippen LogP contribution in [0.5, 0.6) is 17.4 Å². The molecule has 5 rings (SSSR count). The lowest BCUT2D eigenvalue weighted by molar-refractivity contribution is 0.0712. The van der Waals surface area contributed by atoms with E-state index < -0.39 is 0 Å². The lowest BCUT2D eigenvalue weighted by Crippen LogP contribution is -2.56. The Bertz CT molecular complexity index is 1210. The van der Waals surface area contributed by atoms with Crippen molar-refractivity contribution in [2.75, 3.05) is 44.9 Å². The van der Waals surface area contributed by atoms with Crippen molar-refractivity contribution in [2.24, 2.45) is 0 Å². The minimum Gasteiger partial charge on any atom is -0.495 e. The van der Waals surface area contributed by atoms with Crippen LogP contribution in [0.15, 0.2) is 54.7 Å². The number of anilines is 1. The number of piperazine rings is 1. The molecule has 0 aliphatic carbocycles. The monoisotopic (exact) mass is 521 g/mol. The third-order valence-corrected chi connectivity index (χ3v) is 8.12. The molecule has 2 aliphatic heterocycles. The fraction of sp³-hybridized carbons (Fsp3) is 0.433. The summed E-state index contributed by atoms with van der Waals surface area (Å²) in [5.41, 5.74) is 5.16. The molecule has 0 amide bonds. The largest absolute Gasteiger partial charge is 0.495 e. The van der Waals surface area contributed by atoms with E-state index in [2.05, 4.69) is 52.9 Å². The van der Waals surface area contributed by atoms with E-state index in [1.165, 1.54) is 41.6 Å². The Morgan fingerprint density at radius 1 is 0.946 bits per heavy atom. The summed E-state index contributed by atoms with van der Waals surface area (Å²) in [4.78, 5) is 9.40. The van der Waals surface area contributed by atoms with Gasteiger partial charge in [-0.15, -0.1) is 0 Å². The number of fused-ring (bicyclic) bond motifs is 1. The Balaban J connectivity index is 1.24. The molecule has 6 nitrogen and oxygen atoms in total. The molecule has 1 unspecified atom stereocenters. The van der Waals surface area contributed by atoms with Gasteiger partial charge in [0.1, 0.15) is 24.7 Å². The van der Waals surface area contributed by atoms with Gasteiger partial charge in [0, 0.05) is 55.7 Å². The lowest BCUT2D eigenvalue weighted by atomic mass is 9.86. The van der Waals surface area contributed by atoms with Crippen molar-refractivity contribution in [2.45, 2.75) is 45.2 Å². The molecule has 0 spiro atoms. The van der Waals surface area contributed by atoms with E-state index in [-0.39, 0.29) is 0 Å². The van der Waals surface area contributed by atoms with Crippen LogP contribution in [-0.4, -0.2) is 55.9 Å². The quantitative estimate of drug-likeness (QED) is 0.327. The van der Waals surface area contributed by atoms with E-state index in [4.69, 9.17) is 25.8 Å². The molecule has 196 valence electrons. The van der Waals surface area contributed by atoms with E-state index in [1.54, 1.807) is 13.3 Å². The molecular weight excluding hydrogens is 486 g/mol. The molecule has 7 heteroatoms. The molecule has 2 aromatic carbocycles. The van der Waals surface area contributed by atoms with Gasteiger partial charge in [0.2, 0.25) is 5.88 Å². The van der Waals surface area contributed by atoms with Crippen molar-refractivity contribution < 1.29 is 14.2 Å². The number of piperidine rings is 1. The molecule has 37 heavy (non-hydrogen) atoms. The molecule has 3 heterocycles. The minimum atomic E-state index is 0.445. The first-order valence-electron chi connectivity index (χ1n) is 13.2. The van der Waals surface area contributed by atoms with Crippen molar-refractivity contribution in [1.82, 2.24) is 9.88 Å². The molecule has 2 fully saturated rings. The molecular formula is C30H36ClN3O3. The zero-order chi connectivity index (χ0) is 25.8. The van der Waals surface area contributed by atoms with Crippen LogP contribution in [-0.2, 0) is 0 Å². The zero-order valence-electron chi connectivity index (χ0n) is 22.0. The molecule has 0 N–H and O–H groups in total. The van der Waals surface area contributed by atoms with Crippen LogP contribution in [0.4, 0.5) is 5.69 Å². The third kappa shape index (κ3) is 5.65.